The third-order valence-corrected chi connectivity index (χ3v) is 3.46. The Kier molecular flexibility index (Phi) is 5.50. The number of hydrogen-bond acceptors (Lipinski definition) is 6. The average molecular weight is 255 g/mol. The van der Waals surface area contributed by atoms with Gasteiger partial charge in [0.25, 0.3) is 0 Å². The van der Waals surface area contributed by atoms with E-state index in [1.54, 1.807) is 0 Å². The first-order valence-corrected chi connectivity index (χ1v) is 6.99. The maximum atomic E-state index is 5.38. The second-order valence-corrected chi connectivity index (χ2v) is 4.86. The van der Waals surface area contributed by atoms with Gasteiger partial charge in [-0.25, -0.2) is 15.8 Å². The summed E-state index contributed by atoms with van der Waals surface area (Å²) in [6, 6.07) is 2.19. The molecule has 96 valence electrons. The number of thioether (sulfide) groups is 1. The molecule has 0 aliphatic carbocycles. The van der Waals surface area contributed by atoms with Crippen molar-refractivity contribution in [1.29, 1.82) is 0 Å². The molecule has 1 aromatic heterocycles. The van der Waals surface area contributed by atoms with E-state index in [1.165, 1.54) is 11.8 Å². The largest absolute Gasteiger partial charge is 0.367 e. The number of nitrogens with two attached hydrogens (primary N) is 1. The Hall–Kier alpha value is -1.01. The molecule has 0 aromatic carbocycles. The Labute approximate surface area is 107 Å². The monoisotopic (exact) mass is 255 g/mol. The summed E-state index contributed by atoms with van der Waals surface area (Å²) in [5.74, 6) is 7.41. The molecule has 1 rings (SSSR count). The number of nitrogen functional groups attached to an aromatic ring is 1. The third-order valence-electron chi connectivity index (χ3n) is 2.91. The van der Waals surface area contributed by atoms with Gasteiger partial charge in [-0.15, -0.1) is 0 Å². The second kappa shape index (κ2) is 6.66. The first kappa shape index (κ1) is 14.1. The number of nitrogens with zero attached hydrogens (tertiary/aromatic N) is 2. The number of nitrogens with one attached hydrogen (secondary N) is 2. The molecule has 5 nitrogen and oxygen atoms in total. The highest BCUT2D eigenvalue weighted by Crippen LogP contribution is 2.19. The Morgan fingerprint density at radius 3 is 2.53 bits per heavy atom. The number of aromatic nitrogens is 2. The van der Waals surface area contributed by atoms with Crippen molar-refractivity contribution in [3.05, 3.63) is 6.07 Å². The van der Waals surface area contributed by atoms with E-state index < -0.39 is 0 Å². The van der Waals surface area contributed by atoms with Crippen LogP contribution in [0, 0.1) is 5.92 Å². The zero-order valence-electron chi connectivity index (χ0n) is 10.8. The van der Waals surface area contributed by atoms with Crippen molar-refractivity contribution in [3.63, 3.8) is 0 Å². The number of hydrazine groups is 1. The summed E-state index contributed by atoms with van der Waals surface area (Å²) in [5, 5.41) is 4.09. The molecule has 0 saturated carbocycles. The maximum Gasteiger partial charge on any atom is 0.191 e. The van der Waals surface area contributed by atoms with Crippen LogP contribution < -0.4 is 16.6 Å². The van der Waals surface area contributed by atoms with E-state index in [1.807, 2.05) is 12.3 Å². The van der Waals surface area contributed by atoms with Gasteiger partial charge in [-0.2, -0.15) is 0 Å². The summed E-state index contributed by atoms with van der Waals surface area (Å²) < 4.78 is 0. The lowest BCUT2D eigenvalue weighted by molar-refractivity contribution is 0.493. The Morgan fingerprint density at radius 1 is 1.35 bits per heavy atom. The van der Waals surface area contributed by atoms with Gasteiger partial charge in [0.2, 0.25) is 0 Å². The maximum absolute atomic E-state index is 5.38. The van der Waals surface area contributed by atoms with Gasteiger partial charge < -0.3 is 10.7 Å². The van der Waals surface area contributed by atoms with E-state index in [2.05, 4.69) is 41.5 Å². The van der Waals surface area contributed by atoms with Gasteiger partial charge in [-0.05, 0) is 19.1 Å². The van der Waals surface area contributed by atoms with E-state index >= 15 is 0 Å². The molecule has 0 fully saturated rings. The second-order valence-electron chi connectivity index (χ2n) is 4.09. The molecule has 4 N–H and O–H groups in total. The summed E-state index contributed by atoms with van der Waals surface area (Å²) in [6.07, 6.45) is 3.08. The minimum atomic E-state index is 0.371. The normalized spacial score (nSPS) is 14.2. The smallest absolute Gasteiger partial charge is 0.191 e. The summed E-state index contributed by atoms with van der Waals surface area (Å²) >= 11 is 1.50. The lowest BCUT2D eigenvalue weighted by Gasteiger charge is -2.20. The molecule has 17 heavy (non-hydrogen) atoms. The summed E-state index contributed by atoms with van der Waals surface area (Å²) in [5.41, 5.74) is 2.55. The predicted molar refractivity (Wildman–Crippen MR) is 74.2 cm³/mol. The van der Waals surface area contributed by atoms with E-state index in [-0.39, 0.29) is 0 Å². The molecule has 6 heteroatoms. The molecule has 2 atom stereocenters. The van der Waals surface area contributed by atoms with E-state index in [9.17, 15) is 0 Å². The average Bonchev–Trinajstić information content (AvgIpc) is 2.36. The molecule has 0 aliphatic heterocycles. The highest BCUT2D eigenvalue weighted by molar-refractivity contribution is 7.98. The SMILES string of the molecule is CCC(C)C(C)Nc1cc(NN)nc(SC)n1. The minimum Gasteiger partial charge on any atom is -0.367 e. The van der Waals surface area contributed by atoms with Crippen LogP contribution in [0.3, 0.4) is 0 Å². The van der Waals surface area contributed by atoms with Crippen LogP contribution in [0.25, 0.3) is 0 Å². The molecule has 2 unspecified atom stereocenters. The molecule has 0 amide bonds. The van der Waals surface area contributed by atoms with Crippen LogP contribution in [0.4, 0.5) is 11.6 Å². The summed E-state index contributed by atoms with van der Waals surface area (Å²) in [6.45, 7) is 6.56. The van der Waals surface area contributed by atoms with Crippen LogP contribution in [0.2, 0.25) is 0 Å². The van der Waals surface area contributed by atoms with Crippen LogP contribution in [0.5, 0.6) is 0 Å². The van der Waals surface area contributed by atoms with Gasteiger partial charge in [-0.1, -0.05) is 32.0 Å². The molecule has 0 bridgehead atoms. The van der Waals surface area contributed by atoms with Gasteiger partial charge in [0, 0.05) is 12.1 Å². The standard InChI is InChI=1S/C11H21N5S/c1-5-7(2)8(3)13-9-6-10(16-12)15-11(14-9)17-4/h6-8H,5,12H2,1-4H3,(H2,13,14,15,16). The van der Waals surface area contributed by atoms with Crippen molar-refractivity contribution >= 4 is 23.4 Å². The highest BCUT2D eigenvalue weighted by Gasteiger charge is 2.11. The van der Waals surface area contributed by atoms with Crippen molar-refractivity contribution in [2.45, 2.75) is 38.4 Å². The molecule has 1 aromatic rings. The first-order chi connectivity index (χ1) is 8.10. The predicted octanol–water partition coefficient (Wildman–Crippen LogP) is 2.33. The van der Waals surface area contributed by atoms with Crippen LogP contribution in [0.15, 0.2) is 11.2 Å². The molecule has 1 heterocycles. The Bertz CT molecular complexity index is 335. The van der Waals surface area contributed by atoms with Gasteiger partial charge in [-0.3, -0.25) is 0 Å². The number of rotatable bonds is 6. The third kappa shape index (κ3) is 4.05. The van der Waals surface area contributed by atoms with Gasteiger partial charge in [0.15, 0.2) is 5.16 Å². The van der Waals surface area contributed by atoms with Crippen molar-refractivity contribution in [2.75, 3.05) is 17.0 Å². The van der Waals surface area contributed by atoms with Crippen LogP contribution in [-0.2, 0) is 0 Å². The van der Waals surface area contributed by atoms with Crippen molar-refractivity contribution in [1.82, 2.24) is 9.97 Å². The van der Waals surface area contributed by atoms with Crippen molar-refractivity contribution in [3.8, 4) is 0 Å². The van der Waals surface area contributed by atoms with Gasteiger partial charge in [0.1, 0.15) is 11.6 Å². The van der Waals surface area contributed by atoms with Crippen LogP contribution in [-0.4, -0.2) is 22.3 Å². The van der Waals surface area contributed by atoms with Crippen molar-refractivity contribution in [2.24, 2.45) is 11.8 Å². The zero-order chi connectivity index (χ0) is 12.8. The highest BCUT2D eigenvalue weighted by atomic mass is 32.2. The molecule has 0 spiro atoms. The first-order valence-electron chi connectivity index (χ1n) is 5.76. The van der Waals surface area contributed by atoms with E-state index in [0.717, 1.165) is 12.2 Å². The quantitative estimate of drug-likeness (QED) is 0.313. The molecule has 0 saturated heterocycles. The van der Waals surface area contributed by atoms with E-state index in [4.69, 9.17) is 5.84 Å². The van der Waals surface area contributed by atoms with Gasteiger partial charge in [0.05, 0.1) is 0 Å². The molecular formula is C11H21N5S. The van der Waals surface area contributed by atoms with Crippen LogP contribution in [0.1, 0.15) is 27.2 Å². The zero-order valence-corrected chi connectivity index (χ0v) is 11.6. The number of hydrogen-bond donors (Lipinski definition) is 3. The van der Waals surface area contributed by atoms with E-state index in [0.29, 0.717) is 22.9 Å². The van der Waals surface area contributed by atoms with Gasteiger partial charge >= 0.3 is 0 Å². The fourth-order valence-electron chi connectivity index (χ4n) is 1.39. The fourth-order valence-corrected chi connectivity index (χ4v) is 1.77. The van der Waals surface area contributed by atoms with Crippen molar-refractivity contribution < 1.29 is 0 Å². The Morgan fingerprint density at radius 2 is 2.00 bits per heavy atom. The topological polar surface area (TPSA) is 75.9 Å². The summed E-state index contributed by atoms with van der Waals surface area (Å²) in [4.78, 5) is 8.62. The summed E-state index contributed by atoms with van der Waals surface area (Å²) in [7, 11) is 0. The lowest BCUT2D eigenvalue weighted by atomic mass is 10.0. The fraction of sp³-hybridized carbons (Fsp3) is 0.636. The Balaban J connectivity index is 2.82. The van der Waals surface area contributed by atoms with Crippen LogP contribution >= 0.6 is 11.8 Å². The minimum absolute atomic E-state index is 0.371. The molecule has 0 radical (unpaired) electrons. The lowest BCUT2D eigenvalue weighted by Crippen LogP contribution is -2.24. The molecule has 0 aliphatic rings. The number of anilines is 2. The molecular weight excluding hydrogens is 234 g/mol.